The van der Waals surface area contributed by atoms with Crippen molar-refractivity contribution in [2.75, 3.05) is 31.6 Å². The lowest BCUT2D eigenvalue weighted by molar-refractivity contribution is -0.133. The number of benzene rings is 2. The Bertz CT molecular complexity index is 1000. The zero-order chi connectivity index (χ0) is 21.0. The number of anilines is 2. The third-order valence-corrected chi connectivity index (χ3v) is 3.93. The zero-order valence-electron chi connectivity index (χ0n) is 15.4. The molecule has 1 aliphatic heterocycles. The van der Waals surface area contributed by atoms with E-state index in [0.29, 0.717) is 17.2 Å². The van der Waals surface area contributed by atoms with E-state index in [-0.39, 0.29) is 23.6 Å². The fraction of sp³-hybridized carbons (Fsp3) is 0.158. The summed E-state index contributed by atoms with van der Waals surface area (Å²) in [6.45, 7) is 0.0695. The predicted octanol–water partition coefficient (Wildman–Crippen LogP) is 1.57. The fourth-order valence-electron chi connectivity index (χ4n) is 2.52. The molecule has 10 heteroatoms. The second-order valence-electron chi connectivity index (χ2n) is 5.72. The molecule has 0 aromatic heterocycles. The molecule has 0 fully saturated rings. The van der Waals surface area contributed by atoms with Crippen LogP contribution in [0.1, 0.15) is 20.7 Å². The van der Waals surface area contributed by atoms with Crippen molar-refractivity contribution in [3.05, 3.63) is 47.5 Å². The van der Waals surface area contributed by atoms with Crippen LogP contribution in [-0.4, -0.2) is 44.8 Å². The van der Waals surface area contributed by atoms with E-state index in [0.717, 1.165) is 7.11 Å². The van der Waals surface area contributed by atoms with Gasteiger partial charge in [-0.15, -0.1) is 0 Å². The van der Waals surface area contributed by atoms with Crippen molar-refractivity contribution in [3.8, 4) is 11.5 Å². The standard InChI is InChI=1S/C19H16N2O8/c1-26-18(24)10-3-5-12(19(25)27-2)13(7-10)21-17(23)16(22)20-11-4-6-14-15(8-11)29-9-28-14/h3-8H,9H2,1-2H3,(H,20,22)(H,21,23). The molecule has 150 valence electrons. The quantitative estimate of drug-likeness (QED) is 0.584. The first-order valence-electron chi connectivity index (χ1n) is 8.25. The third-order valence-electron chi connectivity index (χ3n) is 3.93. The average Bonchev–Trinajstić information content (AvgIpc) is 3.20. The number of fused-ring (bicyclic) bond motifs is 1. The number of hydrogen-bond donors (Lipinski definition) is 2. The van der Waals surface area contributed by atoms with Crippen LogP contribution >= 0.6 is 0 Å². The van der Waals surface area contributed by atoms with E-state index in [1.165, 1.54) is 37.4 Å². The van der Waals surface area contributed by atoms with E-state index in [1.54, 1.807) is 6.07 Å². The molecule has 1 heterocycles. The monoisotopic (exact) mass is 400 g/mol. The lowest BCUT2D eigenvalue weighted by Gasteiger charge is -2.11. The highest BCUT2D eigenvalue weighted by Crippen LogP contribution is 2.34. The highest BCUT2D eigenvalue weighted by atomic mass is 16.7. The normalized spacial score (nSPS) is 11.4. The van der Waals surface area contributed by atoms with E-state index in [1.807, 2.05) is 0 Å². The van der Waals surface area contributed by atoms with Gasteiger partial charge < -0.3 is 29.6 Å². The Kier molecular flexibility index (Phi) is 5.63. The summed E-state index contributed by atoms with van der Waals surface area (Å²) in [5, 5.41) is 4.71. The second-order valence-corrected chi connectivity index (χ2v) is 5.72. The average molecular weight is 400 g/mol. The number of carbonyl (C=O) groups is 4. The van der Waals surface area contributed by atoms with Gasteiger partial charge in [-0.3, -0.25) is 9.59 Å². The van der Waals surface area contributed by atoms with Gasteiger partial charge in [-0.25, -0.2) is 9.59 Å². The molecule has 2 aromatic rings. The number of ether oxygens (including phenoxy) is 4. The first-order valence-corrected chi connectivity index (χ1v) is 8.25. The van der Waals surface area contributed by atoms with Gasteiger partial charge in [0.05, 0.1) is 31.0 Å². The summed E-state index contributed by atoms with van der Waals surface area (Å²) in [5.74, 6) is -2.54. The van der Waals surface area contributed by atoms with E-state index in [9.17, 15) is 19.2 Å². The van der Waals surface area contributed by atoms with Crippen molar-refractivity contribution in [2.45, 2.75) is 0 Å². The molecule has 2 aromatic carbocycles. The minimum absolute atomic E-state index is 0.0376. The van der Waals surface area contributed by atoms with Crippen molar-refractivity contribution in [3.63, 3.8) is 0 Å². The predicted molar refractivity (Wildman–Crippen MR) is 98.9 cm³/mol. The van der Waals surface area contributed by atoms with Gasteiger partial charge in [-0.05, 0) is 30.3 Å². The van der Waals surface area contributed by atoms with Gasteiger partial charge in [0, 0.05) is 11.8 Å². The van der Waals surface area contributed by atoms with Gasteiger partial charge in [0.15, 0.2) is 11.5 Å². The Morgan fingerprint density at radius 2 is 1.52 bits per heavy atom. The molecule has 2 N–H and O–H groups in total. The number of carbonyl (C=O) groups excluding carboxylic acids is 4. The molecule has 0 saturated heterocycles. The van der Waals surface area contributed by atoms with Gasteiger partial charge in [-0.2, -0.15) is 0 Å². The Morgan fingerprint density at radius 3 is 2.24 bits per heavy atom. The molecule has 0 spiro atoms. The molecular formula is C19H16N2O8. The first-order chi connectivity index (χ1) is 13.9. The zero-order valence-corrected chi connectivity index (χ0v) is 15.4. The number of rotatable bonds is 4. The van der Waals surface area contributed by atoms with E-state index < -0.39 is 23.8 Å². The van der Waals surface area contributed by atoms with Crippen LogP contribution in [0.2, 0.25) is 0 Å². The Labute approximate surface area is 164 Å². The molecular weight excluding hydrogens is 384 g/mol. The van der Waals surface area contributed by atoms with Crippen molar-refractivity contribution in [1.82, 2.24) is 0 Å². The van der Waals surface area contributed by atoms with Crippen molar-refractivity contribution in [2.24, 2.45) is 0 Å². The van der Waals surface area contributed by atoms with Crippen molar-refractivity contribution >= 4 is 35.1 Å². The van der Waals surface area contributed by atoms with Gasteiger partial charge in [0.1, 0.15) is 0 Å². The van der Waals surface area contributed by atoms with Crippen LogP contribution in [0.15, 0.2) is 36.4 Å². The number of methoxy groups -OCH3 is 2. The van der Waals surface area contributed by atoms with E-state index >= 15 is 0 Å². The van der Waals surface area contributed by atoms with Crippen LogP contribution in [0.5, 0.6) is 11.5 Å². The maximum absolute atomic E-state index is 12.3. The van der Waals surface area contributed by atoms with Crippen LogP contribution in [0.3, 0.4) is 0 Å². The molecule has 0 aliphatic carbocycles. The van der Waals surface area contributed by atoms with Crippen LogP contribution < -0.4 is 20.1 Å². The number of nitrogens with one attached hydrogen (secondary N) is 2. The number of hydrogen-bond acceptors (Lipinski definition) is 8. The second kappa shape index (κ2) is 8.30. The molecule has 10 nitrogen and oxygen atoms in total. The maximum atomic E-state index is 12.3. The molecule has 0 unspecified atom stereocenters. The molecule has 2 amide bonds. The molecule has 0 atom stereocenters. The van der Waals surface area contributed by atoms with E-state index in [4.69, 9.17) is 9.47 Å². The lowest BCUT2D eigenvalue weighted by Crippen LogP contribution is -2.30. The maximum Gasteiger partial charge on any atom is 0.339 e. The summed E-state index contributed by atoms with van der Waals surface area (Å²) >= 11 is 0. The van der Waals surface area contributed by atoms with Gasteiger partial charge in [0.25, 0.3) is 0 Å². The van der Waals surface area contributed by atoms with Crippen LogP contribution in [0.4, 0.5) is 11.4 Å². The van der Waals surface area contributed by atoms with E-state index in [2.05, 4.69) is 20.1 Å². The highest BCUT2D eigenvalue weighted by molar-refractivity contribution is 6.44. The molecule has 3 rings (SSSR count). The summed E-state index contributed by atoms with van der Waals surface area (Å²) < 4.78 is 19.7. The first kappa shape index (κ1) is 19.7. The summed E-state index contributed by atoms with van der Waals surface area (Å²) in [7, 11) is 2.35. The smallest absolute Gasteiger partial charge is 0.339 e. The lowest BCUT2D eigenvalue weighted by atomic mass is 10.1. The fourth-order valence-corrected chi connectivity index (χ4v) is 2.52. The summed E-state index contributed by atoms with van der Waals surface area (Å²) in [6, 6.07) is 8.46. The van der Waals surface area contributed by atoms with Gasteiger partial charge in [-0.1, -0.05) is 0 Å². The van der Waals surface area contributed by atoms with Crippen molar-refractivity contribution in [1.29, 1.82) is 0 Å². The number of amides is 2. The molecule has 0 bridgehead atoms. The summed E-state index contributed by atoms with van der Waals surface area (Å²) in [4.78, 5) is 48.2. The van der Waals surface area contributed by atoms with Gasteiger partial charge >= 0.3 is 23.8 Å². The highest BCUT2D eigenvalue weighted by Gasteiger charge is 2.21. The molecule has 0 saturated carbocycles. The van der Waals surface area contributed by atoms with Crippen LogP contribution in [0.25, 0.3) is 0 Å². The minimum Gasteiger partial charge on any atom is -0.465 e. The topological polar surface area (TPSA) is 129 Å². The minimum atomic E-state index is -1.06. The van der Waals surface area contributed by atoms with Crippen LogP contribution in [-0.2, 0) is 19.1 Å². The number of esters is 2. The summed E-state index contributed by atoms with van der Waals surface area (Å²) in [6.07, 6.45) is 0. The Balaban J connectivity index is 1.78. The SMILES string of the molecule is COC(=O)c1ccc(C(=O)OC)c(NC(=O)C(=O)Nc2ccc3c(c2)OCO3)c1. The van der Waals surface area contributed by atoms with Crippen LogP contribution in [0, 0.1) is 0 Å². The van der Waals surface area contributed by atoms with Gasteiger partial charge in [0.2, 0.25) is 6.79 Å². The summed E-state index contributed by atoms with van der Waals surface area (Å²) in [5.41, 5.74) is 0.271. The molecule has 0 radical (unpaired) electrons. The third kappa shape index (κ3) is 4.26. The Hall–Kier alpha value is -4.08. The largest absolute Gasteiger partial charge is 0.465 e. The molecule has 29 heavy (non-hydrogen) atoms. The molecule has 1 aliphatic rings. The Morgan fingerprint density at radius 1 is 0.828 bits per heavy atom. The van der Waals surface area contributed by atoms with Crippen molar-refractivity contribution < 1.29 is 38.1 Å².